The normalized spacial score (nSPS) is 22.3. The minimum Gasteiger partial charge on any atom is -0.465 e. The van der Waals surface area contributed by atoms with E-state index in [4.69, 9.17) is 9.47 Å². The van der Waals surface area contributed by atoms with E-state index in [0.29, 0.717) is 19.1 Å². The van der Waals surface area contributed by atoms with Crippen LogP contribution in [0, 0.1) is 17.8 Å². The number of hydrogen-bond donors (Lipinski definition) is 0. The Morgan fingerprint density at radius 2 is 1.08 bits per heavy atom. The molecule has 0 amide bonds. The van der Waals surface area contributed by atoms with E-state index in [2.05, 4.69) is 20.8 Å². The SMILES string of the molecule is CCCCCCCOC(=O)C1CC(C)CC1C(=O)OCCCCCCC. The van der Waals surface area contributed by atoms with E-state index in [0.717, 1.165) is 38.5 Å². The van der Waals surface area contributed by atoms with Gasteiger partial charge in [-0.25, -0.2) is 0 Å². The summed E-state index contributed by atoms with van der Waals surface area (Å²) in [6.45, 7) is 7.43. The molecule has 0 aromatic heterocycles. The Balaban J connectivity index is 2.29. The van der Waals surface area contributed by atoms with Crippen molar-refractivity contribution in [2.75, 3.05) is 13.2 Å². The molecule has 4 nitrogen and oxygen atoms in total. The van der Waals surface area contributed by atoms with Crippen molar-refractivity contribution >= 4 is 11.9 Å². The van der Waals surface area contributed by atoms with Gasteiger partial charge in [-0.2, -0.15) is 0 Å². The Labute approximate surface area is 160 Å². The van der Waals surface area contributed by atoms with Gasteiger partial charge in [0.15, 0.2) is 0 Å². The molecule has 1 saturated carbocycles. The topological polar surface area (TPSA) is 52.6 Å². The Hall–Kier alpha value is -1.06. The predicted octanol–water partition coefficient (Wildman–Crippen LogP) is 5.68. The van der Waals surface area contributed by atoms with E-state index in [1.807, 2.05) is 0 Å². The Kier molecular flexibility index (Phi) is 12.4. The summed E-state index contributed by atoms with van der Waals surface area (Å²) in [5.41, 5.74) is 0. The molecule has 0 aliphatic heterocycles. The zero-order valence-corrected chi connectivity index (χ0v) is 17.3. The highest BCUT2D eigenvalue weighted by Gasteiger charge is 2.42. The van der Waals surface area contributed by atoms with Crippen LogP contribution < -0.4 is 0 Å². The Morgan fingerprint density at radius 1 is 0.692 bits per heavy atom. The van der Waals surface area contributed by atoms with E-state index in [-0.39, 0.29) is 23.8 Å². The van der Waals surface area contributed by atoms with E-state index in [9.17, 15) is 9.59 Å². The van der Waals surface area contributed by atoms with Crippen LogP contribution in [0.4, 0.5) is 0 Å². The van der Waals surface area contributed by atoms with Crippen molar-refractivity contribution < 1.29 is 19.1 Å². The van der Waals surface area contributed by atoms with Crippen LogP contribution >= 0.6 is 0 Å². The number of esters is 2. The van der Waals surface area contributed by atoms with Gasteiger partial charge in [0.05, 0.1) is 25.0 Å². The minimum absolute atomic E-state index is 0.199. The quantitative estimate of drug-likeness (QED) is 0.292. The lowest BCUT2D eigenvalue weighted by molar-refractivity contribution is -0.159. The Bertz CT molecular complexity index is 358. The van der Waals surface area contributed by atoms with Gasteiger partial charge in [-0.15, -0.1) is 0 Å². The molecule has 0 aromatic rings. The molecule has 0 bridgehead atoms. The third-order valence-corrected chi connectivity index (χ3v) is 5.39. The van der Waals surface area contributed by atoms with Crippen LogP contribution in [0.5, 0.6) is 0 Å². The first-order chi connectivity index (χ1) is 12.6. The average molecular weight is 369 g/mol. The molecule has 1 aliphatic carbocycles. The summed E-state index contributed by atoms with van der Waals surface area (Å²) in [7, 11) is 0. The standard InChI is InChI=1S/C22H40O4/c1-4-6-8-10-12-14-25-21(23)19-16-18(3)17-20(19)22(24)26-15-13-11-9-7-5-2/h18-20H,4-17H2,1-3H3. The maximum atomic E-state index is 12.4. The van der Waals surface area contributed by atoms with E-state index in [1.54, 1.807) is 0 Å². The molecule has 0 saturated heterocycles. The summed E-state index contributed by atoms with van der Waals surface area (Å²) in [5, 5.41) is 0. The molecule has 0 radical (unpaired) electrons. The lowest BCUT2D eigenvalue weighted by atomic mass is 9.96. The summed E-state index contributed by atoms with van der Waals surface area (Å²) in [5.74, 6) is -0.648. The molecule has 152 valence electrons. The highest BCUT2D eigenvalue weighted by molar-refractivity contribution is 5.82. The van der Waals surface area contributed by atoms with Crippen molar-refractivity contribution in [1.29, 1.82) is 0 Å². The number of carbonyl (C=O) groups is 2. The van der Waals surface area contributed by atoms with Crippen LogP contribution in [0.15, 0.2) is 0 Å². The molecule has 0 spiro atoms. The van der Waals surface area contributed by atoms with Gasteiger partial charge in [-0.3, -0.25) is 9.59 Å². The Morgan fingerprint density at radius 3 is 1.46 bits per heavy atom. The second-order valence-corrected chi connectivity index (χ2v) is 7.95. The van der Waals surface area contributed by atoms with Gasteiger partial charge in [-0.05, 0) is 31.6 Å². The lowest BCUT2D eigenvalue weighted by Gasteiger charge is -2.17. The third-order valence-electron chi connectivity index (χ3n) is 5.39. The van der Waals surface area contributed by atoms with Crippen molar-refractivity contribution in [2.45, 2.75) is 97.8 Å². The molecule has 26 heavy (non-hydrogen) atoms. The average Bonchev–Trinajstić information content (AvgIpc) is 3.02. The summed E-state index contributed by atoms with van der Waals surface area (Å²) < 4.78 is 10.9. The summed E-state index contributed by atoms with van der Waals surface area (Å²) in [6, 6.07) is 0. The molecular formula is C22H40O4. The summed E-state index contributed by atoms with van der Waals surface area (Å²) >= 11 is 0. The first kappa shape index (κ1) is 23.0. The zero-order valence-electron chi connectivity index (χ0n) is 17.3. The minimum atomic E-state index is -0.312. The lowest BCUT2D eigenvalue weighted by Crippen LogP contribution is -2.29. The van der Waals surface area contributed by atoms with Crippen LogP contribution in [0.2, 0.25) is 0 Å². The number of rotatable bonds is 14. The predicted molar refractivity (Wildman–Crippen MR) is 105 cm³/mol. The smallest absolute Gasteiger partial charge is 0.309 e. The van der Waals surface area contributed by atoms with Gasteiger partial charge in [0, 0.05) is 0 Å². The molecule has 2 unspecified atom stereocenters. The van der Waals surface area contributed by atoms with Crippen LogP contribution in [0.25, 0.3) is 0 Å². The number of unbranched alkanes of at least 4 members (excludes halogenated alkanes) is 8. The van der Waals surface area contributed by atoms with Gasteiger partial charge in [0.1, 0.15) is 0 Å². The van der Waals surface area contributed by atoms with E-state index < -0.39 is 0 Å². The number of carbonyl (C=O) groups excluding carboxylic acids is 2. The fraction of sp³-hybridized carbons (Fsp3) is 0.909. The van der Waals surface area contributed by atoms with Gasteiger partial charge in [0.2, 0.25) is 0 Å². The maximum Gasteiger partial charge on any atom is 0.309 e. The molecule has 4 heteroatoms. The highest BCUT2D eigenvalue weighted by atomic mass is 16.5. The zero-order chi connectivity index (χ0) is 19.2. The maximum absolute atomic E-state index is 12.4. The van der Waals surface area contributed by atoms with Gasteiger partial charge < -0.3 is 9.47 Å². The molecule has 0 aromatic carbocycles. The first-order valence-electron chi connectivity index (χ1n) is 10.9. The molecule has 1 aliphatic rings. The third kappa shape index (κ3) is 9.05. The van der Waals surface area contributed by atoms with Gasteiger partial charge in [0.25, 0.3) is 0 Å². The molecule has 1 fully saturated rings. The van der Waals surface area contributed by atoms with Crippen molar-refractivity contribution in [1.82, 2.24) is 0 Å². The number of ether oxygens (including phenoxy) is 2. The monoisotopic (exact) mass is 368 g/mol. The van der Waals surface area contributed by atoms with Crippen molar-refractivity contribution in [3.05, 3.63) is 0 Å². The molecule has 1 rings (SSSR count). The molecular weight excluding hydrogens is 328 g/mol. The van der Waals surface area contributed by atoms with Crippen molar-refractivity contribution in [3.8, 4) is 0 Å². The molecule has 2 atom stereocenters. The van der Waals surface area contributed by atoms with Gasteiger partial charge in [-0.1, -0.05) is 72.1 Å². The van der Waals surface area contributed by atoms with Gasteiger partial charge >= 0.3 is 11.9 Å². The fourth-order valence-electron chi connectivity index (χ4n) is 3.78. The van der Waals surface area contributed by atoms with Crippen LogP contribution in [-0.4, -0.2) is 25.2 Å². The largest absolute Gasteiger partial charge is 0.465 e. The van der Waals surface area contributed by atoms with Crippen molar-refractivity contribution in [3.63, 3.8) is 0 Å². The number of hydrogen-bond acceptors (Lipinski definition) is 4. The highest BCUT2D eigenvalue weighted by Crippen LogP contribution is 2.37. The van der Waals surface area contributed by atoms with Crippen LogP contribution in [-0.2, 0) is 19.1 Å². The van der Waals surface area contributed by atoms with E-state index >= 15 is 0 Å². The van der Waals surface area contributed by atoms with Crippen molar-refractivity contribution in [2.24, 2.45) is 17.8 Å². The first-order valence-corrected chi connectivity index (χ1v) is 10.9. The molecule has 0 heterocycles. The summed E-state index contributed by atoms with van der Waals surface area (Å²) in [6.07, 6.45) is 12.8. The van der Waals surface area contributed by atoms with E-state index in [1.165, 1.54) is 38.5 Å². The van der Waals surface area contributed by atoms with Crippen LogP contribution in [0.1, 0.15) is 97.8 Å². The molecule has 0 N–H and O–H groups in total. The van der Waals surface area contributed by atoms with Crippen LogP contribution in [0.3, 0.4) is 0 Å². The summed E-state index contributed by atoms with van der Waals surface area (Å²) in [4.78, 5) is 24.8. The fourth-order valence-corrected chi connectivity index (χ4v) is 3.78. The second-order valence-electron chi connectivity index (χ2n) is 7.95. The second kappa shape index (κ2) is 14.1.